The van der Waals surface area contributed by atoms with Gasteiger partial charge in [0.2, 0.25) is 0 Å². The van der Waals surface area contributed by atoms with Gasteiger partial charge in [-0.2, -0.15) is 0 Å². The summed E-state index contributed by atoms with van der Waals surface area (Å²) in [4.78, 5) is 18.7. The average molecular weight is 311 g/mol. The molecule has 0 amide bonds. The van der Waals surface area contributed by atoms with E-state index in [0.29, 0.717) is 36.3 Å². The Morgan fingerprint density at radius 1 is 1.48 bits per heavy atom. The van der Waals surface area contributed by atoms with Gasteiger partial charge in [-0.1, -0.05) is 17.7 Å². The molecule has 1 atom stereocenters. The first-order valence-electron chi connectivity index (χ1n) is 6.72. The highest BCUT2D eigenvalue weighted by Crippen LogP contribution is 2.36. The van der Waals surface area contributed by atoms with Crippen molar-refractivity contribution in [3.05, 3.63) is 44.5 Å². The number of halogens is 1. The van der Waals surface area contributed by atoms with Crippen molar-refractivity contribution in [1.82, 2.24) is 9.88 Å². The van der Waals surface area contributed by atoms with E-state index in [2.05, 4.69) is 4.98 Å². The number of aliphatic hydroxyl groups is 1. The lowest BCUT2D eigenvalue weighted by molar-refractivity contribution is -0.432. The number of nitro groups is 1. The maximum Gasteiger partial charge on any atom is 0.286 e. The van der Waals surface area contributed by atoms with E-state index in [0.717, 1.165) is 5.56 Å². The minimum atomic E-state index is -0.687. The van der Waals surface area contributed by atoms with Gasteiger partial charge in [0.15, 0.2) is 5.82 Å². The average Bonchev–Trinajstić information content (AvgIpc) is 2.87. The summed E-state index contributed by atoms with van der Waals surface area (Å²) in [5.74, 6) is 1.05. The maximum atomic E-state index is 11.3. The zero-order valence-electron chi connectivity index (χ0n) is 11.5. The lowest BCUT2D eigenvalue weighted by Crippen LogP contribution is -2.39. The Morgan fingerprint density at radius 2 is 2.24 bits per heavy atom. The molecular formula is C13H15ClN4O3. The number of nitrogens with zero attached hydrogens (tertiary/aromatic N) is 4. The molecule has 0 bridgehead atoms. The molecule has 7 nitrogen and oxygen atoms in total. The highest BCUT2D eigenvalue weighted by atomic mass is 35.5. The number of aromatic nitrogens is 1. The molecule has 3 heterocycles. The van der Waals surface area contributed by atoms with Crippen molar-refractivity contribution in [3.8, 4) is 0 Å². The summed E-state index contributed by atoms with van der Waals surface area (Å²) in [7, 11) is 0. The van der Waals surface area contributed by atoms with Gasteiger partial charge < -0.3 is 14.9 Å². The van der Waals surface area contributed by atoms with Gasteiger partial charge in [0.25, 0.3) is 5.70 Å². The number of anilines is 1. The Bertz CT molecular complexity index is 634. The molecule has 0 aliphatic carbocycles. The molecule has 0 radical (unpaired) electrons. The molecule has 3 rings (SSSR count). The number of allylic oxidation sites excluding steroid dienone is 1. The standard InChI is InChI=1S/C13H15ClN4O3/c1-8-2-4-10(14)15-12(8)17-7-6-16-11(19)5-3-9(13(16)17)18(20)21/h2,4,11,19H,3,5-7H2,1H3. The van der Waals surface area contributed by atoms with Crippen LogP contribution in [0.5, 0.6) is 0 Å². The van der Waals surface area contributed by atoms with E-state index in [9.17, 15) is 15.2 Å². The van der Waals surface area contributed by atoms with Gasteiger partial charge in [0.05, 0.1) is 4.92 Å². The molecule has 112 valence electrons. The summed E-state index contributed by atoms with van der Waals surface area (Å²) in [5, 5.41) is 21.7. The molecule has 2 aliphatic heterocycles. The van der Waals surface area contributed by atoms with E-state index in [4.69, 9.17) is 11.6 Å². The third kappa shape index (κ3) is 2.32. The van der Waals surface area contributed by atoms with Crippen LogP contribution in [0.4, 0.5) is 5.82 Å². The first kappa shape index (κ1) is 14.1. The van der Waals surface area contributed by atoms with Crippen LogP contribution in [-0.4, -0.2) is 39.2 Å². The Kier molecular flexibility index (Phi) is 3.46. The lowest BCUT2D eigenvalue weighted by atomic mass is 10.1. The Hall–Kier alpha value is -1.86. The second-order valence-electron chi connectivity index (χ2n) is 5.17. The maximum absolute atomic E-state index is 11.3. The van der Waals surface area contributed by atoms with Gasteiger partial charge in [0, 0.05) is 25.9 Å². The van der Waals surface area contributed by atoms with E-state index >= 15 is 0 Å². The summed E-state index contributed by atoms with van der Waals surface area (Å²) in [6, 6.07) is 3.52. The van der Waals surface area contributed by atoms with Crippen molar-refractivity contribution < 1.29 is 10.0 Å². The van der Waals surface area contributed by atoms with Gasteiger partial charge in [-0.25, -0.2) is 4.98 Å². The van der Waals surface area contributed by atoms with Crippen molar-refractivity contribution in [2.45, 2.75) is 26.0 Å². The van der Waals surface area contributed by atoms with Crippen LogP contribution in [-0.2, 0) is 0 Å². The van der Waals surface area contributed by atoms with Crippen molar-refractivity contribution in [1.29, 1.82) is 0 Å². The van der Waals surface area contributed by atoms with E-state index in [1.54, 1.807) is 15.9 Å². The number of hydrogen-bond donors (Lipinski definition) is 1. The fourth-order valence-electron chi connectivity index (χ4n) is 2.87. The first-order valence-corrected chi connectivity index (χ1v) is 7.10. The minimum absolute atomic E-state index is 0.124. The number of fused-ring (bicyclic) bond motifs is 1. The predicted molar refractivity (Wildman–Crippen MR) is 77.3 cm³/mol. The summed E-state index contributed by atoms with van der Waals surface area (Å²) in [6.07, 6.45) is -0.0701. The highest BCUT2D eigenvalue weighted by molar-refractivity contribution is 6.29. The van der Waals surface area contributed by atoms with Crippen molar-refractivity contribution in [3.63, 3.8) is 0 Å². The number of aliphatic hydroxyl groups excluding tert-OH is 1. The third-order valence-corrected chi connectivity index (χ3v) is 4.07. The van der Waals surface area contributed by atoms with E-state index < -0.39 is 6.23 Å². The zero-order chi connectivity index (χ0) is 15.1. The van der Waals surface area contributed by atoms with E-state index in [1.165, 1.54) is 0 Å². The first-order chi connectivity index (χ1) is 9.99. The van der Waals surface area contributed by atoms with Gasteiger partial charge in [-0.15, -0.1) is 0 Å². The quantitative estimate of drug-likeness (QED) is 0.509. The summed E-state index contributed by atoms with van der Waals surface area (Å²) >= 11 is 5.95. The van der Waals surface area contributed by atoms with Gasteiger partial charge >= 0.3 is 0 Å². The fourth-order valence-corrected chi connectivity index (χ4v) is 3.01. The molecule has 1 fully saturated rings. The molecule has 2 aliphatic rings. The van der Waals surface area contributed by atoms with Crippen LogP contribution in [0.1, 0.15) is 18.4 Å². The fraction of sp³-hybridized carbons (Fsp3) is 0.462. The smallest absolute Gasteiger partial charge is 0.286 e. The van der Waals surface area contributed by atoms with Crippen molar-refractivity contribution in [2.24, 2.45) is 0 Å². The molecule has 0 saturated carbocycles. The second-order valence-corrected chi connectivity index (χ2v) is 5.55. The topological polar surface area (TPSA) is 82.7 Å². The van der Waals surface area contributed by atoms with Crippen LogP contribution >= 0.6 is 11.6 Å². The third-order valence-electron chi connectivity index (χ3n) is 3.86. The largest absolute Gasteiger partial charge is 0.374 e. The SMILES string of the molecule is Cc1ccc(Cl)nc1N1CCN2C1=C([N+](=O)[O-])CCC2O. The van der Waals surface area contributed by atoms with E-state index in [1.807, 2.05) is 13.0 Å². The molecule has 1 saturated heterocycles. The monoisotopic (exact) mass is 310 g/mol. The molecule has 1 aromatic heterocycles. The second kappa shape index (κ2) is 5.16. The molecule has 0 spiro atoms. The molecule has 1 aromatic rings. The summed E-state index contributed by atoms with van der Waals surface area (Å²) in [5.41, 5.74) is 1.01. The Balaban J connectivity index is 2.11. The van der Waals surface area contributed by atoms with Crippen LogP contribution in [0.15, 0.2) is 23.7 Å². The van der Waals surface area contributed by atoms with Crippen LogP contribution in [0.25, 0.3) is 0 Å². The van der Waals surface area contributed by atoms with Crippen LogP contribution in [0.3, 0.4) is 0 Å². The molecule has 8 heteroatoms. The lowest BCUT2D eigenvalue weighted by Gasteiger charge is -2.31. The normalized spacial score (nSPS) is 21.8. The molecule has 21 heavy (non-hydrogen) atoms. The molecular weight excluding hydrogens is 296 g/mol. The van der Waals surface area contributed by atoms with Crippen LogP contribution < -0.4 is 4.90 Å². The summed E-state index contributed by atoms with van der Waals surface area (Å²) in [6.45, 7) is 2.95. The van der Waals surface area contributed by atoms with E-state index in [-0.39, 0.29) is 17.0 Å². The van der Waals surface area contributed by atoms with Gasteiger partial charge in [-0.3, -0.25) is 10.1 Å². The van der Waals surface area contributed by atoms with Crippen LogP contribution in [0.2, 0.25) is 5.15 Å². The number of aryl methyl sites for hydroxylation is 1. The number of rotatable bonds is 2. The zero-order valence-corrected chi connectivity index (χ0v) is 12.2. The van der Waals surface area contributed by atoms with Crippen molar-refractivity contribution >= 4 is 17.4 Å². The Morgan fingerprint density at radius 3 is 2.95 bits per heavy atom. The summed E-state index contributed by atoms with van der Waals surface area (Å²) < 4.78 is 0. The molecule has 1 unspecified atom stereocenters. The minimum Gasteiger partial charge on any atom is -0.374 e. The number of pyridine rings is 1. The predicted octanol–water partition coefficient (Wildman–Crippen LogP) is 1.72. The molecule has 1 N–H and O–H groups in total. The van der Waals surface area contributed by atoms with Crippen LogP contribution in [0, 0.1) is 17.0 Å². The van der Waals surface area contributed by atoms with Crippen molar-refractivity contribution in [2.75, 3.05) is 18.0 Å². The molecule has 0 aromatic carbocycles. The van der Waals surface area contributed by atoms with Gasteiger partial charge in [0.1, 0.15) is 17.2 Å². The Labute approximate surface area is 126 Å². The highest BCUT2D eigenvalue weighted by Gasteiger charge is 2.41. The number of hydrogen-bond acceptors (Lipinski definition) is 6. The van der Waals surface area contributed by atoms with Gasteiger partial charge in [-0.05, 0) is 18.6 Å².